The van der Waals surface area contributed by atoms with Gasteiger partial charge in [-0.3, -0.25) is 4.79 Å². The molecule has 0 unspecified atom stereocenters. The maximum atomic E-state index is 13.5. The molecule has 0 aliphatic rings. The number of anilines is 1. The summed E-state index contributed by atoms with van der Waals surface area (Å²) in [6.45, 7) is 4.09. The highest BCUT2D eigenvalue weighted by Crippen LogP contribution is 2.29. The maximum absolute atomic E-state index is 13.5. The number of rotatable bonds is 6. The van der Waals surface area contributed by atoms with E-state index in [1.165, 1.54) is 0 Å². The Morgan fingerprint density at radius 2 is 1.66 bits per heavy atom. The Morgan fingerprint density at radius 3 is 2.31 bits per heavy atom. The van der Waals surface area contributed by atoms with Crippen LogP contribution in [0.15, 0.2) is 63.8 Å². The van der Waals surface area contributed by atoms with Crippen molar-refractivity contribution in [2.75, 3.05) is 19.0 Å². The summed E-state index contributed by atoms with van der Waals surface area (Å²) in [6, 6.07) is 16.6. The van der Waals surface area contributed by atoms with Crippen LogP contribution in [0, 0.1) is 0 Å². The van der Waals surface area contributed by atoms with E-state index in [9.17, 15) is 9.59 Å². The van der Waals surface area contributed by atoms with E-state index < -0.39 is 5.97 Å². The molecule has 0 aliphatic carbocycles. The zero-order valence-corrected chi connectivity index (χ0v) is 18.9. The number of hydrogen-bond acceptors (Lipinski definition) is 5. The summed E-state index contributed by atoms with van der Waals surface area (Å²) in [6.07, 6.45) is 1.46. The maximum Gasteiger partial charge on any atom is 0.338 e. The Hall–Kier alpha value is -3.60. The number of benzene rings is 3. The molecule has 3 aromatic carbocycles. The van der Waals surface area contributed by atoms with Crippen molar-refractivity contribution in [3.05, 3.63) is 87.1 Å². The molecule has 0 saturated heterocycles. The number of nitrogens with zero attached hydrogens (tertiary/aromatic N) is 1. The molecule has 0 fully saturated rings. The first-order chi connectivity index (χ1) is 15.4. The molecule has 0 N–H and O–H groups in total. The first-order valence-corrected chi connectivity index (χ1v) is 10.9. The molecule has 0 aliphatic heterocycles. The predicted molar refractivity (Wildman–Crippen MR) is 129 cm³/mol. The largest absolute Gasteiger partial charge is 0.457 e. The number of esters is 1. The van der Waals surface area contributed by atoms with Gasteiger partial charge in [-0.15, -0.1) is 0 Å². The fraction of sp³-hybridized carbons (Fsp3) is 0.259. The molecule has 4 rings (SSSR count). The highest BCUT2D eigenvalue weighted by molar-refractivity contribution is 5.94. The van der Waals surface area contributed by atoms with Crippen LogP contribution < -0.4 is 10.3 Å². The van der Waals surface area contributed by atoms with E-state index in [2.05, 4.69) is 6.07 Å². The van der Waals surface area contributed by atoms with Crippen LogP contribution in [0.4, 0.5) is 5.69 Å². The number of hydrogen-bond donors (Lipinski definition) is 0. The van der Waals surface area contributed by atoms with Crippen LogP contribution in [0.5, 0.6) is 0 Å². The third kappa shape index (κ3) is 3.86. The molecule has 0 spiro atoms. The minimum atomic E-state index is -0.421. The summed E-state index contributed by atoms with van der Waals surface area (Å²) in [7, 11) is 3.89. The summed E-state index contributed by atoms with van der Waals surface area (Å²) in [4.78, 5) is 28.1. The lowest BCUT2D eigenvalue weighted by molar-refractivity contribution is 0.0473. The van der Waals surface area contributed by atoms with Crippen molar-refractivity contribution in [2.24, 2.45) is 0 Å². The van der Waals surface area contributed by atoms with E-state index in [1.807, 2.05) is 57.1 Å². The van der Waals surface area contributed by atoms with Crippen LogP contribution in [0.2, 0.25) is 0 Å². The Bertz CT molecular complexity index is 1350. The lowest BCUT2D eigenvalue weighted by Crippen LogP contribution is -2.13. The van der Waals surface area contributed by atoms with Crippen LogP contribution >= 0.6 is 0 Å². The summed E-state index contributed by atoms with van der Waals surface area (Å²) in [5.74, 6) is -0.421. The van der Waals surface area contributed by atoms with Gasteiger partial charge in [-0.1, -0.05) is 32.0 Å². The molecule has 4 aromatic rings. The van der Waals surface area contributed by atoms with E-state index in [0.717, 1.165) is 35.2 Å². The second-order valence-electron chi connectivity index (χ2n) is 8.03. The number of carbonyl (C=O) groups is 1. The lowest BCUT2D eigenvalue weighted by atomic mass is 9.95. The average molecular weight is 430 g/mol. The number of aryl methyl sites for hydroxylation is 2. The molecule has 0 amide bonds. The van der Waals surface area contributed by atoms with E-state index in [-0.39, 0.29) is 12.0 Å². The molecule has 164 valence electrons. The van der Waals surface area contributed by atoms with Crippen LogP contribution in [-0.2, 0) is 24.2 Å². The molecule has 1 aromatic heterocycles. The molecular formula is C27H27NO4. The van der Waals surface area contributed by atoms with Gasteiger partial charge in [0.1, 0.15) is 17.8 Å². The molecule has 1 heterocycles. The van der Waals surface area contributed by atoms with Crippen LogP contribution in [0.3, 0.4) is 0 Å². The van der Waals surface area contributed by atoms with Gasteiger partial charge in [0, 0.05) is 25.3 Å². The third-order valence-corrected chi connectivity index (χ3v) is 5.86. The van der Waals surface area contributed by atoms with Crippen molar-refractivity contribution in [1.29, 1.82) is 0 Å². The number of ether oxygens (including phenoxy) is 1. The van der Waals surface area contributed by atoms with Gasteiger partial charge < -0.3 is 14.1 Å². The lowest BCUT2D eigenvalue weighted by Gasteiger charge is -2.16. The molecule has 0 radical (unpaired) electrons. The normalized spacial score (nSPS) is 11.1. The quantitative estimate of drug-likeness (QED) is 0.299. The molecule has 5 nitrogen and oxygen atoms in total. The van der Waals surface area contributed by atoms with Gasteiger partial charge in [0.15, 0.2) is 0 Å². The second kappa shape index (κ2) is 8.87. The zero-order valence-electron chi connectivity index (χ0n) is 18.9. The summed E-state index contributed by atoms with van der Waals surface area (Å²) < 4.78 is 11.8. The fourth-order valence-electron chi connectivity index (χ4n) is 4.03. The van der Waals surface area contributed by atoms with E-state index in [4.69, 9.17) is 9.15 Å². The smallest absolute Gasteiger partial charge is 0.338 e. The Balaban J connectivity index is 1.78. The highest BCUT2D eigenvalue weighted by atomic mass is 16.5. The van der Waals surface area contributed by atoms with Gasteiger partial charge in [-0.05, 0) is 60.4 Å². The van der Waals surface area contributed by atoms with E-state index >= 15 is 0 Å². The van der Waals surface area contributed by atoms with Gasteiger partial charge >= 0.3 is 5.97 Å². The van der Waals surface area contributed by atoms with Gasteiger partial charge in [-0.25, -0.2) is 4.79 Å². The molecule has 0 saturated carbocycles. The Labute approximate surface area is 187 Å². The van der Waals surface area contributed by atoms with Crippen LogP contribution in [-0.4, -0.2) is 20.1 Å². The number of para-hydroxylation sites is 1. The monoisotopic (exact) mass is 429 g/mol. The van der Waals surface area contributed by atoms with Gasteiger partial charge in [0.2, 0.25) is 5.43 Å². The SMILES string of the molecule is CCc1cc(CC)c2oc3ccccc3c(=O)c2c1COC(=O)c1ccc(N(C)C)cc1. The third-order valence-electron chi connectivity index (χ3n) is 5.86. The predicted octanol–water partition coefficient (Wildman–Crippen LogP) is 5.49. The topological polar surface area (TPSA) is 59.8 Å². The zero-order chi connectivity index (χ0) is 22.8. The van der Waals surface area contributed by atoms with Gasteiger partial charge in [0.05, 0.1) is 16.3 Å². The fourth-order valence-corrected chi connectivity index (χ4v) is 4.03. The second-order valence-corrected chi connectivity index (χ2v) is 8.03. The molecule has 0 atom stereocenters. The molecule has 0 bridgehead atoms. The van der Waals surface area contributed by atoms with Crippen molar-refractivity contribution in [3.8, 4) is 0 Å². The minimum absolute atomic E-state index is 0.0149. The van der Waals surface area contributed by atoms with E-state index in [1.54, 1.807) is 24.3 Å². The highest BCUT2D eigenvalue weighted by Gasteiger charge is 2.19. The van der Waals surface area contributed by atoms with Gasteiger partial charge in [-0.2, -0.15) is 0 Å². The summed E-state index contributed by atoms with van der Waals surface area (Å²) in [5.41, 5.74) is 5.22. The first kappa shape index (κ1) is 21.6. The standard InChI is InChI=1S/C27H27NO4/c1-5-17-15-18(6-2)26-24(25(29)21-9-7-8-10-23(21)32-26)22(17)16-31-27(30)19-11-13-20(14-12-19)28(3)4/h7-15H,5-6,16H2,1-4H3. The summed E-state index contributed by atoms with van der Waals surface area (Å²) in [5, 5.41) is 1.04. The van der Waals surface area contributed by atoms with Crippen LogP contribution in [0.1, 0.15) is 40.9 Å². The van der Waals surface area contributed by atoms with Crippen molar-refractivity contribution in [3.63, 3.8) is 0 Å². The molecule has 32 heavy (non-hydrogen) atoms. The van der Waals surface area contributed by atoms with E-state index in [0.29, 0.717) is 27.5 Å². The first-order valence-electron chi connectivity index (χ1n) is 10.9. The Kier molecular flexibility index (Phi) is 5.99. The van der Waals surface area contributed by atoms with Crippen molar-refractivity contribution in [2.45, 2.75) is 33.3 Å². The number of carbonyl (C=O) groups excluding carboxylic acids is 1. The summed E-state index contributed by atoms with van der Waals surface area (Å²) >= 11 is 0. The minimum Gasteiger partial charge on any atom is -0.457 e. The molecular weight excluding hydrogens is 402 g/mol. The van der Waals surface area contributed by atoms with Crippen molar-refractivity contribution >= 4 is 33.6 Å². The van der Waals surface area contributed by atoms with Gasteiger partial charge in [0.25, 0.3) is 0 Å². The average Bonchev–Trinajstić information content (AvgIpc) is 2.82. The van der Waals surface area contributed by atoms with Crippen LogP contribution in [0.25, 0.3) is 21.9 Å². The van der Waals surface area contributed by atoms with Crippen molar-refractivity contribution in [1.82, 2.24) is 0 Å². The Morgan fingerprint density at radius 1 is 0.969 bits per heavy atom. The number of fused-ring (bicyclic) bond motifs is 2. The molecule has 5 heteroatoms. The van der Waals surface area contributed by atoms with Crippen molar-refractivity contribution < 1.29 is 13.9 Å².